The van der Waals surface area contributed by atoms with Crippen molar-refractivity contribution in [3.63, 3.8) is 0 Å². The lowest BCUT2D eigenvalue weighted by molar-refractivity contribution is 0.0997. The zero-order valence-corrected chi connectivity index (χ0v) is 12.0. The highest BCUT2D eigenvalue weighted by Crippen LogP contribution is 2.11. The molecule has 0 unspecified atom stereocenters. The molecule has 0 saturated carbocycles. The number of nitrogens with two attached hydrogens (primary N) is 1. The molecule has 0 bridgehead atoms. The van der Waals surface area contributed by atoms with Gasteiger partial charge in [0.2, 0.25) is 5.91 Å². The monoisotopic (exact) mass is 307 g/mol. The minimum absolute atomic E-state index is 0.188. The molecule has 0 aliphatic rings. The molecular formula is C16H13N5O2. The van der Waals surface area contributed by atoms with Crippen molar-refractivity contribution in [2.45, 2.75) is 0 Å². The molecule has 0 spiro atoms. The first kappa shape index (κ1) is 14.5. The average molecular weight is 307 g/mol. The van der Waals surface area contributed by atoms with E-state index in [1.54, 1.807) is 24.3 Å². The zero-order chi connectivity index (χ0) is 16.2. The van der Waals surface area contributed by atoms with E-state index in [1.807, 2.05) is 30.3 Å². The van der Waals surface area contributed by atoms with E-state index < -0.39 is 5.91 Å². The second-order valence-corrected chi connectivity index (χ2v) is 4.75. The van der Waals surface area contributed by atoms with E-state index in [2.05, 4.69) is 15.5 Å². The van der Waals surface area contributed by atoms with Crippen LogP contribution in [0.4, 0.5) is 5.69 Å². The first-order chi connectivity index (χ1) is 11.1. The van der Waals surface area contributed by atoms with Crippen LogP contribution in [-0.2, 0) is 0 Å². The highest BCUT2D eigenvalue weighted by Gasteiger charge is 2.12. The van der Waals surface area contributed by atoms with E-state index in [-0.39, 0.29) is 11.6 Å². The number of amides is 2. The van der Waals surface area contributed by atoms with Crippen LogP contribution in [0.1, 0.15) is 20.8 Å². The molecule has 0 aliphatic heterocycles. The van der Waals surface area contributed by atoms with Crippen molar-refractivity contribution < 1.29 is 9.59 Å². The number of rotatable bonds is 4. The number of carbonyl (C=O) groups is 2. The molecule has 1 heterocycles. The van der Waals surface area contributed by atoms with Gasteiger partial charge in [0.15, 0.2) is 5.69 Å². The minimum atomic E-state index is -0.520. The molecule has 114 valence electrons. The Labute approximate surface area is 131 Å². The number of hydrogen-bond acceptors (Lipinski definition) is 4. The second kappa shape index (κ2) is 6.10. The van der Waals surface area contributed by atoms with Crippen LogP contribution in [0.5, 0.6) is 0 Å². The highest BCUT2D eigenvalue weighted by molar-refractivity contribution is 6.03. The Morgan fingerprint density at radius 1 is 1.00 bits per heavy atom. The number of benzene rings is 2. The summed E-state index contributed by atoms with van der Waals surface area (Å²) in [5.41, 5.74) is 7.03. The minimum Gasteiger partial charge on any atom is -0.366 e. The van der Waals surface area contributed by atoms with Gasteiger partial charge < -0.3 is 11.1 Å². The van der Waals surface area contributed by atoms with E-state index >= 15 is 0 Å². The van der Waals surface area contributed by atoms with Crippen LogP contribution in [0.25, 0.3) is 5.69 Å². The number of nitrogens with one attached hydrogen (secondary N) is 1. The fourth-order valence-electron chi connectivity index (χ4n) is 1.97. The van der Waals surface area contributed by atoms with Gasteiger partial charge in [-0.15, -0.1) is 5.10 Å². The van der Waals surface area contributed by atoms with Crippen LogP contribution >= 0.6 is 0 Å². The highest BCUT2D eigenvalue weighted by atomic mass is 16.2. The maximum absolute atomic E-state index is 12.2. The van der Waals surface area contributed by atoms with Crippen LogP contribution in [0.2, 0.25) is 0 Å². The molecule has 0 aliphatic carbocycles. The van der Waals surface area contributed by atoms with Crippen LogP contribution in [0, 0.1) is 0 Å². The number of primary amides is 1. The molecule has 3 N–H and O–H groups in total. The Morgan fingerprint density at radius 3 is 2.35 bits per heavy atom. The maximum Gasteiger partial charge on any atom is 0.277 e. The molecule has 2 amide bonds. The predicted molar refractivity (Wildman–Crippen MR) is 84.3 cm³/mol. The standard InChI is InChI=1S/C16H13N5O2/c17-15(22)11-6-8-12(9-7-11)19-16(23)14-10-18-21(20-14)13-4-2-1-3-5-13/h1-10H,(H2,17,22)(H,19,23). The third-order valence-corrected chi connectivity index (χ3v) is 3.14. The van der Waals surface area contributed by atoms with Crippen LogP contribution < -0.4 is 11.1 Å². The summed E-state index contributed by atoms with van der Waals surface area (Å²) in [6, 6.07) is 15.6. The third-order valence-electron chi connectivity index (χ3n) is 3.14. The number of anilines is 1. The van der Waals surface area contributed by atoms with Gasteiger partial charge in [-0.1, -0.05) is 18.2 Å². The van der Waals surface area contributed by atoms with Gasteiger partial charge in [0.25, 0.3) is 5.91 Å². The Hall–Kier alpha value is -3.48. The Morgan fingerprint density at radius 2 is 1.70 bits per heavy atom. The molecule has 23 heavy (non-hydrogen) atoms. The predicted octanol–water partition coefficient (Wildman–Crippen LogP) is 1.62. The van der Waals surface area contributed by atoms with Crippen molar-refractivity contribution in [3.05, 3.63) is 72.1 Å². The van der Waals surface area contributed by atoms with E-state index in [9.17, 15) is 9.59 Å². The summed E-state index contributed by atoms with van der Waals surface area (Å²) in [5, 5.41) is 10.9. The summed E-state index contributed by atoms with van der Waals surface area (Å²) >= 11 is 0. The van der Waals surface area contributed by atoms with Gasteiger partial charge in [0.1, 0.15) is 0 Å². The third kappa shape index (κ3) is 3.24. The molecule has 0 fully saturated rings. The number of hydrogen-bond donors (Lipinski definition) is 2. The van der Waals surface area contributed by atoms with Crippen molar-refractivity contribution in [2.24, 2.45) is 5.73 Å². The van der Waals surface area contributed by atoms with Gasteiger partial charge in [-0.2, -0.15) is 9.90 Å². The van der Waals surface area contributed by atoms with Crippen LogP contribution in [0.3, 0.4) is 0 Å². The lowest BCUT2D eigenvalue weighted by Gasteiger charge is -2.03. The molecule has 3 aromatic rings. The number of aromatic nitrogens is 3. The lowest BCUT2D eigenvalue weighted by Crippen LogP contribution is -2.14. The van der Waals surface area contributed by atoms with Gasteiger partial charge in [-0.3, -0.25) is 9.59 Å². The van der Waals surface area contributed by atoms with Gasteiger partial charge in [0.05, 0.1) is 11.9 Å². The molecular weight excluding hydrogens is 294 g/mol. The Balaban J connectivity index is 1.74. The van der Waals surface area contributed by atoms with Gasteiger partial charge in [0, 0.05) is 11.3 Å². The average Bonchev–Trinajstić information content (AvgIpc) is 3.06. The number of para-hydroxylation sites is 1. The molecule has 3 rings (SSSR count). The quantitative estimate of drug-likeness (QED) is 0.764. The van der Waals surface area contributed by atoms with Gasteiger partial charge >= 0.3 is 0 Å². The summed E-state index contributed by atoms with van der Waals surface area (Å²) < 4.78 is 0. The smallest absolute Gasteiger partial charge is 0.277 e. The first-order valence-electron chi connectivity index (χ1n) is 6.82. The summed E-state index contributed by atoms with van der Waals surface area (Å²) in [6.07, 6.45) is 1.39. The second-order valence-electron chi connectivity index (χ2n) is 4.75. The number of carbonyl (C=O) groups excluding carboxylic acids is 2. The normalized spacial score (nSPS) is 10.3. The van der Waals surface area contributed by atoms with Crippen molar-refractivity contribution in [1.82, 2.24) is 15.0 Å². The topological polar surface area (TPSA) is 103 Å². The van der Waals surface area contributed by atoms with E-state index in [4.69, 9.17) is 5.73 Å². The summed E-state index contributed by atoms with van der Waals surface area (Å²) in [7, 11) is 0. The maximum atomic E-state index is 12.2. The van der Waals surface area contributed by atoms with Crippen LogP contribution in [0.15, 0.2) is 60.8 Å². The fourth-order valence-corrected chi connectivity index (χ4v) is 1.97. The SMILES string of the molecule is NC(=O)c1ccc(NC(=O)c2cnn(-c3ccccc3)n2)cc1. The lowest BCUT2D eigenvalue weighted by atomic mass is 10.2. The van der Waals surface area contributed by atoms with Gasteiger partial charge in [-0.25, -0.2) is 0 Å². The molecule has 0 radical (unpaired) electrons. The molecule has 0 atom stereocenters. The van der Waals surface area contributed by atoms with Gasteiger partial charge in [-0.05, 0) is 36.4 Å². The Kier molecular flexibility index (Phi) is 3.84. The zero-order valence-electron chi connectivity index (χ0n) is 12.0. The molecule has 7 heteroatoms. The van der Waals surface area contributed by atoms with E-state index in [0.29, 0.717) is 11.3 Å². The molecule has 2 aromatic carbocycles. The van der Waals surface area contributed by atoms with Crippen molar-refractivity contribution >= 4 is 17.5 Å². The summed E-state index contributed by atoms with van der Waals surface area (Å²) in [6.45, 7) is 0. The summed E-state index contributed by atoms with van der Waals surface area (Å²) in [5.74, 6) is -0.910. The van der Waals surface area contributed by atoms with Crippen molar-refractivity contribution in [2.75, 3.05) is 5.32 Å². The summed E-state index contributed by atoms with van der Waals surface area (Å²) in [4.78, 5) is 24.5. The van der Waals surface area contributed by atoms with E-state index in [1.165, 1.54) is 11.0 Å². The molecule has 1 aromatic heterocycles. The molecule has 7 nitrogen and oxygen atoms in total. The first-order valence-corrected chi connectivity index (χ1v) is 6.82. The van der Waals surface area contributed by atoms with E-state index in [0.717, 1.165) is 5.69 Å². The fraction of sp³-hybridized carbons (Fsp3) is 0. The Bertz CT molecular complexity index is 840. The number of nitrogens with zero attached hydrogens (tertiary/aromatic N) is 3. The van der Waals surface area contributed by atoms with Crippen molar-refractivity contribution in [3.8, 4) is 5.69 Å². The largest absolute Gasteiger partial charge is 0.366 e. The van der Waals surface area contributed by atoms with Crippen LogP contribution in [-0.4, -0.2) is 26.8 Å². The molecule has 0 saturated heterocycles. The van der Waals surface area contributed by atoms with Crippen molar-refractivity contribution in [1.29, 1.82) is 0 Å².